The van der Waals surface area contributed by atoms with E-state index in [2.05, 4.69) is 0 Å². The molecule has 90 valence electrons. The summed E-state index contributed by atoms with van der Waals surface area (Å²) in [5, 5.41) is 0. The third-order valence-corrected chi connectivity index (χ3v) is 2.92. The second-order valence-electron chi connectivity index (χ2n) is 4.17. The lowest BCUT2D eigenvalue weighted by Gasteiger charge is -2.24. The molecule has 0 saturated carbocycles. The molecule has 2 rings (SSSR count). The summed E-state index contributed by atoms with van der Waals surface area (Å²) in [6.07, 6.45) is 2.15. The number of nitrogens with zero attached hydrogens (tertiary/aromatic N) is 1. The number of imide groups is 1. The summed E-state index contributed by atoms with van der Waals surface area (Å²) >= 11 is 0. The molecule has 1 aromatic carbocycles. The molecular formula is C13H14FNO2. The number of benzene rings is 1. The molecule has 0 unspecified atom stereocenters. The molecule has 0 bridgehead atoms. The summed E-state index contributed by atoms with van der Waals surface area (Å²) in [7, 11) is 0. The molecule has 17 heavy (non-hydrogen) atoms. The molecule has 2 amide bonds. The predicted octanol–water partition coefficient (Wildman–Crippen LogP) is 1.91. The van der Waals surface area contributed by atoms with Gasteiger partial charge in [0, 0.05) is 19.4 Å². The molecule has 0 spiro atoms. The summed E-state index contributed by atoms with van der Waals surface area (Å²) in [6, 6.07) is 6.12. The van der Waals surface area contributed by atoms with Crippen LogP contribution in [0.5, 0.6) is 0 Å². The van der Waals surface area contributed by atoms with Crippen molar-refractivity contribution in [3.8, 4) is 0 Å². The highest BCUT2D eigenvalue weighted by atomic mass is 19.1. The second-order valence-corrected chi connectivity index (χ2v) is 4.17. The molecule has 1 fully saturated rings. The molecule has 0 aromatic heterocycles. The highest BCUT2D eigenvalue weighted by Gasteiger charge is 2.25. The largest absolute Gasteiger partial charge is 0.282 e. The van der Waals surface area contributed by atoms with Crippen LogP contribution in [0, 0.1) is 5.82 Å². The summed E-state index contributed by atoms with van der Waals surface area (Å²) in [5.74, 6) is -0.467. The standard InChI is InChI=1S/C13H14FNO2/c14-11-6-4-10(5-7-11)8-9-15-12(16)2-1-3-13(15)17/h4-7H,1-3,8-9H2. The molecule has 0 N–H and O–H groups in total. The maximum absolute atomic E-state index is 12.7. The van der Waals surface area contributed by atoms with E-state index in [0.29, 0.717) is 32.2 Å². The zero-order chi connectivity index (χ0) is 12.3. The Morgan fingerprint density at radius 2 is 1.65 bits per heavy atom. The SMILES string of the molecule is O=C1CCCC(=O)N1CCc1ccc(F)cc1. The van der Waals surface area contributed by atoms with Crippen LogP contribution >= 0.6 is 0 Å². The highest BCUT2D eigenvalue weighted by molar-refractivity contribution is 5.97. The minimum absolute atomic E-state index is 0.0941. The first kappa shape index (κ1) is 11.8. The Morgan fingerprint density at radius 1 is 1.06 bits per heavy atom. The minimum atomic E-state index is -0.279. The molecule has 1 aliphatic heterocycles. The third kappa shape index (κ3) is 2.90. The molecule has 0 radical (unpaired) electrons. The number of amides is 2. The Balaban J connectivity index is 1.95. The van der Waals surface area contributed by atoms with Crippen LogP contribution in [0.4, 0.5) is 4.39 Å². The molecule has 3 nitrogen and oxygen atoms in total. The van der Waals surface area contributed by atoms with Gasteiger partial charge in [0.2, 0.25) is 11.8 Å². The fraction of sp³-hybridized carbons (Fsp3) is 0.385. The average Bonchev–Trinajstić information content (AvgIpc) is 2.31. The Hall–Kier alpha value is -1.71. The van der Waals surface area contributed by atoms with Crippen LogP contribution in [0.15, 0.2) is 24.3 Å². The number of hydrogen-bond acceptors (Lipinski definition) is 2. The van der Waals surface area contributed by atoms with Gasteiger partial charge in [-0.1, -0.05) is 12.1 Å². The number of likely N-dealkylation sites (tertiary alicyclic amines) is 1. The zero-order valence-electron chi connectivity index (χ0n) is 9.49. The fourth-order valence-electron chi connectivity index (χ4n) is 1.94. The Labute approximate surface area is 99.2 Å². The van der Waals surface area contributed by atoms with Crippen molar-refractivity contribution in [2.45, 2.75) is 25.7 Å². The Kier molecular flexibility index (Phi) is 3.52. The van der Waals surface area contributed by atoms with Gasteiger partial charge in [-0.2, -0.15) is 0 Å². The first-order valence-corrected chi connectivity index (χ1v) is 5.74. The van der Waals surface area contributed by atoms with Gasteiger partial charge in [0.15, 0.2) is 0 Å². The van der Waals surface area contributed by atoms with E-state index in [-0.39, 0.29) is 17.6 Å². The molecule has 1 aliphatic rings. The van der Waals surface area contributed by atoms with Crippen molar-refractivity contribution in [1.29, 1.82) is 0 Å². The van der Waals surface area contributed by atoms with Crippen molar-refractivity contribution in [2.75, 3.05) is 6.54 Å². The van der Waals surface area contributed by atoms with Crippen LogP contribution < -0.4 is 0 Å². The lowest BCUT2D eigenvalue weighted by molar-refractivity contribution is -0.147. The van der Waals surface area contributed by atoms with Gasteiger partial charge < -0.3 is 0 Å². The first-order chi connectivity index (χ1) is 8.16. The van der Waals surface area contributed by atoms with Gasteiger partial charge >= 0.3 is 0 Å². The molecule has 0 aliphatic carbocycles. The van der Waals surface area contributed by atoms with E-state index in [1.165, 1.54) is 17.0 Å². The van der Waals surface area contributed by atoms with Gasteiger partial charge in [-0.15, -0.1) is 0 Å². The normalized spacial score (nSPS) is 16.4. The van der Waals surface area contributed by atoms with E-state index in [1.807, 2.05) is 0 Å². The van der Waals surface area contributed by atoms with Crippen molar-refractivity contribution in [1.82, 2.24) is 4.90 Å². The number of halogens is 1. The number of carbonyl (C=O) groups excluding carboxylic acids is 2. The summed E-state index contributed by atoms with van der Waals surface area (Å²) in [5.41, 5.74) is 0.928. The number of rotatable bonds is 3. The van der Waals surface area contributed by atoms with Crippen molar-refractivity contribution in [2.24, 2.45) is 0 Å². The van der Waals surface area contributed by atoms with E-state index >= 15 is 0 Å². The minimum Gasteiger partial charge on any atom is -0.282 e. The van der Waals surface area contributed by atoms with Gasteiger partial charge in [-0.25, -0.2) is 4.39 Å². The smallest absolute Gasteiger partial charge is 0.229 e. The maximum Gasteiger partial charge on any atom is 0.229 e. The van der Waals surface area contributed by atoms with Crippen LogP contribution in [-0.4, -0.2) is 23.3 Å². The molecule has 0 atom stereocenters. The van der Waals surface area contributed by atoms with E-state index in [9.17, 15) is 14.0 Å². The predicted molar refractivity (Wildman–Crippen MR) is 60.7 cm³/mol. The summed E-state index contributed by atoms with van der Waals surface area (Å²) in [6.45, 7) is 0.392. The van der Waals surface area contributed by atoms with Gasteiger partial charge in [0.25, 0.3) is 0 Å². The van der Waals surface area contributed by atoms with Gasteiger partial charge in [-0.05, 0) is 30.5 Å². The average molecular weight is 235 g/mol. The van der Waals surface area contributed by atoms with Crippen LogP contribution in [-0.2, 0) is 16.0 Å². The fourth-order valence-corrected chi connectivity index (χ4v) is 1.94. The first-order valence-electron chi connectivity index (χ1n) is 5.74. The molecule has 1 aromatic rings. The van der Waals surface area contributed by atoms with Gasteiger partial charge in [0.05, 0.1) is 0 Å². The van der Waals surface area contributed by atoms with Crippen LogP contribution in [0.2, 0.25) is 0 Å². The van der Waals surface area contributed by atoms with E-state index < -0.39 is 0 Å². The molecule has 1 heterocycles. The lowest BCUT2D eigenvalue weighted by atomic mass is 10.1. The van der Waals surface area contributed by atoms with Crippen molar-refractivity contribution in [3.05, 3.63) is 35.6 Å². The topological polar surface area (TPSA) is 37.4 Å². The van der Waals surface area contributed by atoms with Crippen molar-refractivity contribution < 1.29 is 14.0 Å². The quantitative estimate of drug-likeness (QED) is 0.750. The van der Waals surface area contributed by atoms with Crippen LogP contribution in [0.25, 0.3) is 0 Å². The molecular weight excluding hydrogens is 221 g/mol. The highest BCUT2D eigenvalue weighted by Crippen LogP contribution is 2.13. The second kappa shape index (κ2) is 5.08. The van der Waals surface area contributed by atoms with Gasteiger partial charge in [-0.3, -0.25) is 14.5 Å². The van der Waals surface area contributed by atoms with E-state index in [1.54, 1.807) is 12.1 Å². The van der Waals surface area contributed by atoms with Crippen LogP contribution in [0.1, 0.15) is 24.8 Å². The monoisotopic (exact) mass is 235 g/mol. The molecule has 1 saturated heterocycles. The van der Waals surface area contributed by atoms with Crippen LogP contribution in [0.3, 0.4) is 0 Å². The zero-order valence-corrected chi connectivity index (χ0v) is 9.49. The maximum atomic E-state index is 12.7. The Bertz CT molecular complexity index is 412. The van der Waals surface area contributed by atoms with E-state index in [0.717, 1.165) is 5.56 Å². The van der Waals surface area contributed by atoms with Crippen molar-refractivity contribution in [3.63, 3.8) is 0 Å². The van der Waals surface area contributed by atoms with Crippen molar-refractivity contribution >= 4 is 11.8 Å². The number of hydrogen-bond donors (Lipinski definition) is 0. The molecule has 4 heteroatoms. The third-order valence-electron chi connectivity index (χ3n) is 2.92. The summed E-state index contributed by atoms with van der Waals surface area (Å²) < 4.78 is 12.7. The van der Waals surface area contributed by atoms with E-state index in [4.69, 9.17) is 0 Å². The van der Waals surface area contributed by atoms with Gasteiger partial charge in [0.1, 0.15) is 5.82 Å². The Morgan fingerprint density at radius 3 is 2.24 bits per heavy atom. The number of carbonyl (C=O) groups is 2. The number of piperidine rings is 1. The lowest BCUT2D eigenvalue weighted by Crippen LogP contribution is -2.41. The summed E-state index contributed by atoms with van der Waals surface area (Å²) in [4.78, 5) is 24.4.